The van der Waals surface area contributed by atoms with Crippen molar-refractivity contribution in [2.24, 2.45) is 0 Å². The molecule has 0 aliphatic carbocycles. The van der Waals surface area contributed by atoms with Gasteiger partial charge in [0.05, 0.1) is 13.0 Å². The number of esters is 1. The Balaban J connectivity index is 2.15. The molecule has 0 saturated heterocycles. The van der Waals surface area contributed by atoms with Crippen LogP contribution in [-0.2, 0) is 16.0 Å². The molecule has 2 aromatic rings. The Bertz CT molecular complexity index is 561. The first-order valence-corrected chi connectivity index (χ1v) is 6.20. The van der Waals surface area contributed by atoms with Gasteiger partial charge in [-0.25, -0.2) is 4.39 Å². The van der Waals surface area contributed by atoms with Crippen LogP contribution in [0.4, 0.5) is 4.39 Å². The van der Waals surface area contributed by atoms with Crippen molar-refractivity contribution in [3.8, 4) is 11.1 Å². The minimum atomic E-state index is -0.249. The number of hydrogen-bond donors (Lipinski definition) is 0. The zero-order valence-electron chi connectivity index (χ0n) is 10.7. The average molecular weight is 258 g/mol. The molecule has 0 heterocycles. The van der Waals surface area contributed by atoms with Crippen LogP contribution >= 0.6 is 0 Å². The Kier molecular flexibility index (Phi) is 4.29. The molecular formula is C16H15FO2. The SMILES string of the molecule is CCOC(=O)Cc1ccc(-c2ccccc2F)cc1. The van der Waals surface area contributed by atoms with Gasteiger partial charge in [-0.15, -0.1) is 0 Å². The topological polar surface area (TPSA) is 26.3 Å². The van der Waals surface area contributed by atoms with Crippen molar-refractivity contribution < 1.29 is 13.9 Å². The van der Waals surface area contributed by atoms with Gasteiger partial charge in [0, 0.05) is 5.56 Å². The number of hydrogen-bond acceptors (Lipinski definition) is 2. The van der Waals surface area contributed by atoms with Gasteiger partial charge < -0.3 is 4.74 Å². The molecule has 2 aromatic carbocycles. The highest BCUT2D eigenvalue weighted by molar-refractivity contribution is 5.73. The summed E-state index contributed by atoms with van der Waals surface area (Å²) in [6.07, 6.45) is 0.241. The maximum Gasteiger partial charge on any atom is 0.310 e. The number of ether oxygens (including phenoxy) is 1. The van der Waals surface area contributed by atoms with Gasteiger partial charge in [0.2, 0.25) is 0 Å². The molecule has 0 atom stereocenters. The van der Waals surface area contributed by atoms with E-state index in [1.807, 2.05) is 24.3 Å². The molecule has 0 N–H and O–H groups in total. The van der Waals surface area contributed by atoms with E-state index >= 15 is 0 Å². The van der Waals surface area contributed by atoms with Crippen LogP contribution in [0.3, 0.4) is 0 Å². The number of carbonyl (C=O) groups excluding carboxylic acids is 1. The summed E-state index contributed by atoms with van der Waals surface area (Å²) in [7, 11) is 0. The predicted molar refractivity (Wildman–Crippen MR) is 72.2 cm³/mol. The molecule has 3 heteroatoms. The molecule has 98 valence electrons. The van der Waals surface area contributed by atoms with Crippen LogP contribution in [0.2, 0.25) is 0 Å². The fourth-order valence-corrected chi connectivity index (χ4v) is 1.88. The van der Waals surface area contributed by atoms with Gasteiger partial charge in [0.25, 0.3) is 0 Å². The molecule has 0 bridgehead atoms. The molecule has 0 saturated carbocycles. The lowest BCUT2D eigenvalue weighted by Gasteiger charge is -2.05. The second kappa shape index (κ2) is 6.14. The van der Waals surface area contributed by atoms with Crippen LogP contribution in [0.1, 0.15) is 12.5 Å². The summed E-state index contributed by atoms with van der Waals surface area (Å²) >= 11 is 0. The van der Waals surface area contributed by atoms with E-state index in [4.69, 9.17) is 4.74 Å². The van der Waals surface area contributed by atoms with Crippen LogP contribution in [0.25, 0.3) is 11.1 Å². The molecule has 0 fully saturated rings. The quantitative estimate of drug-likeness (QED) is 0.783. The summed E-state index contributed by atoms with van der Waals surface area (Å²) in [4.78, 5) is 11.3. The summed E-state index contributed by atoms with van der Waals surface area (Å²) in [6.45, 7) is 2.16. The molecule has 2 rings (SSSR count). The zero-order valence-corrected chi connectivity index (χ0v) is 10.7. The zero-order chi connectivity index (χ0) is 13.7. The average Bonchev–Trinajstić information content (AvgIpc) is 2.41. The van der Waals surface area contributed by atoms with Crippen molar-refractivity contribution in [1.82, 2.24) is 0 Å². The summed E-state index contributed by atoms with van der Waals surface area (Å²) in [5.41, 5.74) is 2.22. The fourth-order valence-electron chi connectivity index (χ4n) is 1.88. The van der Waals surface area contributed by atoms with Crippen LogP contribution in [0, 0.1) is 5.82 Å². The first kappa shape index (κ1) is 13.3. The lowest BCUT2D eigenvalue weighted by molar-refractivity contribution is -0.142. The van der Waals surface area contributed by atoms with Gasteiger partial charge in [-0.05, 0) is 24.1 Å². The van der Waals surface area contributed by atoms with E-state index in [-0.39, 0.29) is 18.2 Å². The summed E-state index contributed by atoms with van der Waals surface area (Å²) in [6, 6.07) is 13.9. The smallest absolute Gasteiger partial charge is 0.310 e. The van der Waals surface area contributed by atoms with E-state index in [0.717, 1.165) is 11.1 Å². The second-order valence-corrected chi connectivity index (χ2v) is 4.16. The summed E-state index contributed by atoms with van der Waals surface area (Å²) < 4.78 is 18.5. The van der Waals surface area contributed by atoms with E-state index < -0.39 is 0 Å². The Hall–Kier alpha value is -2.16. The highest BCUT2D eigenvalue weighted by Gasteiger charge is 2.06. The van der Waals surface area contributed by atoms with Crippen LogP contribution in [0.15, 0.2) is 48.5 Å². The minimum absolute atomic E-state index is 0.241. The maximum atomic E-state index is 13.6. The molecule has 0 aromatic heterocycles. The van der Waals surface area contributed by atoms with E-state index in [0.29, 0.717) is 12.2 Å². The number of halogens is 1. The molecule has 2 nitrogen and oxygen atoms in total. The third-order valence-electron chi connectivity index (χ3n) is 2.79. The molecular weight excluding hydrogens is 243 g/mol. The lowest BCUT2D eigenvalue weighted by atomic mass is 10.0. The highest BCUT2D eigenvalue weighted by Crippen LogP contribution is 2.22. The van der Waals surface area contributed by atoms with E-state index in [9.17, 15) is 9.18 Å². The van der Waals surface area contributed by atoms with Crippen LogP contribution in [-0.4, -0.2) is 12.6 Å². The monoisotopic (exact) mass is 258 g/mol. The van der Waals surface area contributed by atoms with Gasteiger partial charge in [-0.3, -0.25) is 4.79 Å². The van der Waals surface area contributed by atoms with Crippen molar-refractivity contribution in [3.63, 3.8) is 0 Å². The summed E-state index contributed by atoms with van der Waals surface area (Å²) in [5, 5.41) is 0. The van der Waals surface area contributed by atoms with E-state index in [1.165, 1.54) is 6.07 Å². The second-order valence-electron chi connectivity index (χ2n) is 4.16. The van der Waals surface area contributed by atoms with Crippen LogP contribution in [0.5, 0.6) is 0 Å². The van der Waals surface area contributed by atoms with Gasteiger partial charge in [0.1, 0.15) is 5.82 Å². The van der Waals surface area contributed by atoms with Crippen molar-refractivity contribution in [1.29, 1.82) is 0 Å². The predicted octanol–water partition coefficient (Wildman–Crippen LogP) is 3.60. The normalized spacial score (nSPS) is 10.2. The van der Waals surface area contributed by atoms with E-state index in [2.05, 4.69) is 0 Å². The van der Waals surface area contributed by atoms with E-state index in [1.54, 1.807) is 25.1 Å². The highest BCUT2D eigenvalue weighted by atomic mass is 19.1. The largest absolute Gasteiger partial charge is 0.466 e. The Labute approximate surface area is 111 Å². The van der Waals surface area contributed by atoms with Crippen molar-refractivity contribution in [2.75, 3.05) is 6.61 Å². The molecule has 0 radical (unpaired) electrons. The van der Waals surface area contributed by atoms with Gasteiger partial charge >= 0.3 is 5.97 Å². The first-order valence-electron chi connectivity index (χ1n) is 6.20. The summed E-state index contributed by atoms with van der Waals surface area (Å²) in [5.74, 6) is -0.498. The Morgan fingerprint density at radius 1 is 1.11 bits per heavy atom. The Morgan fingerprint density at radius 3 is 2.42 bits per heavy atom. The lowest BCUT2D eigenvalue weighted by Crippen LogP contribution is -2.07. The fraction of sp³-hybridized carbons (Fsp3) is 0.188. The maximum absolute atomic E-state index is 13.6. The minimum Gasteiger partial charge on any atom is -0.466 e. The first-order chi connectivity index (χ1) is 9.20. The molecule has 0 amide bonds. The third kappa shape index (κ3) is 3.41. The standard InChI is InChI=1S/C16H15FO2/c1-2-19-16(18)11-12-7-9-13(10-8-12)14-5-3-4-6-15(14)17/h3-10H,2,11H2,1H3. The van der Waals surface area contributed by atoms with Crippen molar-refractivity contribution in [2.45, 2.75) is 13.3 Å². The van der Waals surface area contributed by atoms with Gasteiger partial charge in [-0.2, -0.15) is 0 Å². The molecule has 0 unspecified atom stereocenters. The number of benzene rings is 2. The van der Waals surface area contributed by atoms with Crippen molar-refractivity contribution in [3.05, 3.63) is 59.9 Å². The Morgan fingerprint density at radius 2 is 1.79 bits per heavy atom. The number of rotatable bonds is 4. The molecule has 0 spiro atoms. The molecule has 0 aliphatic rings. The van der Waals surface area contributed by atoms with Crippen molar-refractivity contribution >= 4 is 5.97 Å². The van der Waals surface area contributed by atoms with Gasteiger partial charge in [0.15, 0.2) is 0 Å². The number of carbonyl (C=O) groups is 1. The molecule has 0 aliphatic heterocycles. The molecule has 19 heavy (non-hydrogen) atoms. The van der Waals surface area contributed by atoms with Gasteiger partial charge in [-0.1, -0.05) is 42.5 Å². The van der Waals surface area contributed by atoms with Crippen LogP contribution < -0.4 is 0 Å². The third-order valence-corrected chi connectivity index (χ3v) is 2.79.